The Labute approximate surface area is 184 Å². The lowest BCUT2D eigenvalue weighted by atomic mass is 10.1. The molecule has 1 aromatic carbocycles. The third-order valence-corrected chi connectivity index (χ3v) is 5.62. The van der Waals surface area contributed by atoms with E-state index in [0.717, 1.165) is 10.4 Å². The van der Waals surface area contributed by atoms with Gasteiger partial charge in [0.1, 0.15) is 0 Å². The molecule has 0 saturated carbocycles. The van der Waals surface area contributed by atoms with Gasteiger partial charge >= 0.3 is 0 Å². The molecule has 0 radical (unpaired) electrons. The van der Waals surface area contributed by atoms with Crippen molar-refractivity contribution < 1.29 is 19.1 Å². The van der Waals surface area contributed by atoms with Crippen molar-refractivity contribution in [3.05, 3.63) is 58.0 Å². The molecule has 2 heterocycles. The van der Waals surface area contributed by atoms with E-state index in [-0.39, 0.29) is 30.0 Å². The first-order valence-corrected chi connectivity index (χ1v) is 10.6. The third kappa shape index (κ3) is 6.05. The fraction of sp³-hybridized carbons (Fsp3) is 0.333. The summed E-state index contributed by atoms with van der Waals surface area (Å²) in [5.74, 6) is 0.775. The normalized spacial score (nSPS) is 11.6. The number of methoxy groups -OCH3 is 2. The molecule has 9 nitrogen and oxygen atoms in total. The van der Waals surface area contributed by atoms with Crippen molar-refractivity contribution in [3.8, 4) is 11.5 Å². The molecule has 2 amide bonds. The number of hydrogen-bond acceptors (Lipinski definition) is 7. The fourth-order valence-electron chi connectivity index (χ4n) is 2.94. The Morgan fingerprint density at radius 3 is 2.71 bits per heavy atom. The Morgan fingerprint density at radius 2 is 2.00 bits per heavy atom. The minimum absolute atomic E-state index is 0.103. The lowest BCUT2D eigenvalue weighted by molar-refractivity contribution is -0.120. The van der Waals surface area contributed by atoms with E-state index in [1.165, 1.54) is 4.68 Å². The third-order valence-electron chi connectivity index (χ3n) is 4.56. The van der Waals surface area contributed by atoms with Crippen molar-refractivity contribution >= 4 is 23.2 Å². The van der Waals surface area contributed by atoms with E-state index in [9.17, 15) is 9.59 Å². The van der Waals surface area contributed by atoms with Crippen molar-refractivity contribution in [2.75, 3.05) is 20.8 Å². The number of rotatable bonds is 10. The minimum atomic E-state index is -0.287. The molecule has 0 fully saturated rings. The second-order valence-corrected chi connectivity index (χ2v) is 7.77. The first-order chi connectivity index (χ1) is 15.0. The number of benzene rings is 1. The first-order valence-electron chi connectivity index (χ1n) is 9.72. The Hall–Kier alpha value is -3.40. The molecule has 164 valence electrons. The highest BCUT2D eigenvalue weighted by atomic mass is 32.1. The summed E-state index contributed by atoms with van der Waals surface area (Å²) in [6, 6.07) is 9.17. The number of amides is 2. The highest BCUT2D eigenvalue weighted by Gasteiger charge is 2.15. The molecule has 10 heteroatoms. The number of thiophene rings is 1. The van der Waals surface area contributed by atoms with Crippen LogP contribution in [0.4, 0.5) is 0 Å². The Kier molecular flexibility index (Phi) is 7.60. The molecule has 3 rings (SSSR count). The van der Waals surface area contributed by atoms with Crippen LogP contribution in [0.15, 0.2) is 41.9 Å². The van der Waals surface area contributed by atoms with E-state index < -0.39 is 0 Å². The van der Waals surface area contributed by atoms with Gasteiger partial charge in [0.2, 0.25) is 5.91 Å². The van der Waals surface area contributed by atoms with E-state index in [1.807, 2.05) is 30.5 Å². The summed E-state index contributed by atoms with van der Waals surface area (Å²) in [6.45, 7) is 2.68. The maximum absolute atomic E-state index is 12.3. The summed E-state index contributed by atoms with van der Waals surface area (Å²) in [6.07, 6.45) is 1.78. The second kappa shape index (κ2) is 10.6. The Morgan fingerprint density at radius 1 is 1.19 bits per heavy atom. The molecule has 0 saturated heterocycles. The van der Waals surface area contributed by atoms with Crippen LogP contribution in [0.2, 0.25) is 0 Å². The van der Waals surface area contributed by atoms with Crippen molar-refractivity contribution in [2.24, 2.45) is 0 Å². The van der Waals surface area contributed by atoms with Crippen LogP contribution >= 0.6 is 11.3 Å². The van der Waals surface area contributed by atoms with E-state index in [2.05, 4.69) is 20.9 Å². The number of aromatic nitrogens is 3. The molecule has 0 aliphatic rings. The van der Waals surface area contributed by atoms with Crippen molar-refractivity contribution in [2.45, 2.75) is 25.9 Å². The van der Waals surface area contributed by atoms with Gasteiger partial charge in [0.15, 0.2) is 17.2 Å². The largest absolute Gasteiger partial charge is 0.493 e. The van der Waals surface area contributed by atoms with Gasteiger partial charge in [-0.3, -0.25) is 9.59 Å². The lowest BCUT2D eigenvalue weighted by Gasteiger charge is -2.10. The summed E-state index contributed by atoms with van der Waals surface area (Å²) >= 11 is 1.58. The van der Waals surface area contributed by atoms with Crippen LogP contribution in [0.25, 0.3) is 0 Å². The SMILES string of the molecule is COc1ccc(CC(=O)NCCn2cc(C(=O)N[C@@H](C)c3cccs3)nn2)cc1OC. The van der Waals surface area contributed by atoms with Crippen LogP contribution in [0, 0.1) is 0 Å². The molecule has 31 heavy (non-hydrogen) atoms. The molecule has 0 spiro atoms. The Bertz CT molecular complexity index is 1020. The molecular weight excluding hydrogens is 418 g/mol. The summed E-state index contributed by atoms with van der Waals surface area (Å²) in [5.41, 5.74) is 1.05. The molecular formula is C21H25N5O4S. The number of nitrogens with one attached hydrogen (secondary N) is 2. The van der Waals surface area contributed by atoms with Gasteiger partial charge in [-0.25, -0.2) is 4.68 Å². The van der Waals surface area contributed by atoms with Gasteiger partial charge in [-0.1, -0.05) is 17.3 Å². The molecule has 2 aromatic heterocycles. The van der Waals surface area contributed by atoms with Crippen molar-refractivity contribution in [3.63, 3.8) is 0 Å². The molecule has 0 unspecified atom stereocenters. The molecule has 0 aliphatic heterocycles. The molecule has 2 N–H and O–H groups in total. The van der Waals surface area contributed by atoms with Gasteiger partial charge in [0, 0.05) is 11.4 Å². The summed E-state index contributed by atoms with van der Waals surface area (Å²) in [4.78, 5) is 25.6. The first kappa shape index (κ1) is 22.3. The molecule has 0 bridgehead atoms. The monoisotopic (exact) mass is 443 g/mol. The van der Waals surface area contributed by atoms with Crippen LogP contribution < -0.4 is 20.1 Å². The standard InChI is InChI=1S/C21H25N5O4S/c1-14(19-5-4-10-31-19)23-21(28)16-13-26(25-24-16)9-8-22-20(27)12-15-6-7-17(29-2)18(11-15)30-3/h4-7,10-11,13-14H,8-9,12H2,1-3H3,(H,22,27)(H,23,28)/t14-/m0/s1. The van der Waals surface area contributed by atoms with Crippen LogP contribution in [-0.2, 0) is 17.8 Å². The van der Waals surface area contributed by atoms with Crippen molar-refractivity contribution in [1.29, 1.82) is 0 Å². The van der Waals surface area contributed by atoms with Gasteiger partial charge in [-0.05, 0) is 36.1 Å². The van der Waals surface area contributed by atoms with Crippen LogP contribution in [0.3, 0.4) is 0 Å². The van der Waals surface area contributed by atoms with Crippen molar-refractivity contribution in [1.82, 2.24) is 25.6 Å². The summed E-state index contributed by atoms with van der Waals surface area (Å²) in [5, 5.41) is 15.6. The second-order valence-electron chi connectivity index (χ2n) is 6.79. The van der Waals surface area contributed by atoms with E-state index >= 15 is 0 Å². The Balaban J connectivity index is 1.45. The number of carbonyl (C=O) groups is 2. The van der Waals surface area contributed by atoms with Crippen LogP contribution in [0.5, 0.6) is 11.5 Å². The smallest absolute Gasteiger partial charge is 0.273 e. The maximum Gasteiger partial charge on any atom is 0.273 e. The molecule has 0 aliphatic carbocycles. The zero-order chi connectivity index (χ0) is 22.2. The fourth-order valence-corrected chi connectivity index (χ4v) is 3.67. The highest BCUT2D eigenvalue weighted by molar-refractivity contribution is 7.10. The predicted octanol–water partition coefficient (Wildman–Crippen LogP) is 2.21. The van der Waals surface area contributed by atoms with Crippen LogP contribution in [-0.4, -0.2) is 47.6 Å². The number of hydrogen-bond donors (Lipinski definition) is 2. The topological polar surface area (TPSA) is 107 Å². The van der Waals surface area contributed by atoms with Crippen LogP contribution in [0.1, 0.15) is 33.9 Å². The average Bonchev–Trinajstić information content (AvgIpc) is 3.46. The highest BCUT2D eigenvalue weighted by Crippen LogP contribution is 2.27. The summed E-state index contributed by atoms with van der Waals surface area (Å²) < 4.78 is 12.0. The number of ether oxygens (including phenoxy) is 2. The lowest BCUT2D eigenvalue weighted by Crippen LogP contribution is -2.28. The predicted molar refractivity (Wildman–Crippen MR) is 116 cm³/mol. The maximum atomic E-state index is 12.3. The quantitative estimate of drug-likeness (QED) is 0.498. The van der Waals surface area contributed by atoms with Gasteiger partial charge in [0.25, 0.3) is 5.91 Å². The van der Waals surface area contributed by atoms with E-state index in [1.54, 1.807) is 43.9 Å². The van der Waals surface area contributed by atoms with Gasteiger partial charge < -0.3 is 20.1 Å². The van der Waals surface area contributed by atoms with Gasteiger partial charge in [-0.15, -0.1) is 16.4 Å². The number of nitrogens with zero attached hydrogens (tertiary/aromatic N) is 3. The summed E-state index contributed by atoms with van der Waals surface area (Å²) in [7, 11) is 3.12. The number of carbonyl (C=O) groups excluding carboxylic acids is 2. The zero-order valence-corrected chi connectivity index (χ0v) is 18.4. The minimum Gasteiger partial charge on any atom is -0.493 e. The zero-order valence-electron chi connectivity index (χ0n) is 17.6. The van der Waals surface area contributed by atoms with Gasteiger partial charge in [-0.2, -0.15) is 0 Å². The van der Waals surface area contributed by atoms with E-state index in [0.29, 0.717) is 24.6 Å². The van der Waals surface area contributed by atoms with Gasteiger partial charge in [0.05, 0.1) is 39.4 Å². The molecule has 1 atom stereocenters. The molecule has 3 aromatic rings. The van der Waals surface area contributed by atoms with E-state index in [4.69, 9.17) is 9.47 Å². The average molecular weight is 444 g/mol.